The molecule has 0 amide bonds. The minimum atomic E-state index is 1.13. The van der Waals surface area contributed by atoms with Gasteiger partial charge in [0.05, 0.1) is 18.7 Å². The first-order valence-corrected chi connectivity index (χ1v) is 15.5. The van der Waals surface area contributed by atoms with Gasteiger partial charge >= 0.3 is 0 Å². The lowest BCUT2D eigenvalue weighted by atomic mass is 10.0. The molecule has 0 radical (unpaired) electrons. The average molecular weight is 482 g/mol. The lowest BCUT2D eigenvalue weighted by Crippen LogP contribution is -2.34. The number of nitrogens with zero attached hydrogens (tertiary/aromatic N) is 2. The van der Waals surface area contributed by atoms with Crippen molar-refractivity contribution in [3.63, 3.8) is 0 Å². The monoisotopic (exact) mass is 481 g/mol. The number of hydrogen-bond acceptors (Lipinski definition) is 0. The van der Waals surface area contributed by atoms with E-state index >= 15 is 0 Å². The molecule has 2 heteroatoms. The van der Waals surface area contributed by atoms with Crippen LogP contribution in [-0.2, 0) is 13.1 Å². The molecule has 0 atom stereocenters. The third-order valence-electron chi connectivity index (χ3n) is 7.51. The van der Waals surface area contributed by atoms with Crippen LogP contribution in [0.1, 0.15) is 142 Å². The third-order valence-corrected chi connectivity index (χ3v) is 7.51. The normalized spacial score (nSPS) is 11.4. The highest BCUT2D eigenvalue weighted by Gasteiger charge is 2.18. The molecule has 0 aliphatic heterocycles. The smallest absolute Gasteiger partial charge is 0.230 e. The van der Waals surface area contributed by atoms with Gasteiger partial charge in [-0.1, -0.05) is 135 Å². The van der Waals surface area contributed by atoms with Gasteiger partial charge in [-0.2, -0.15) is 0 Å². The number of imidazole rings is 1. The largest absolute Gasteiger partial charge is 0.288 e. The number of aromatic nitrogens is 2. The first-order chi connectivity index (χ1) is 17.4. The van der Waals surface area contributed by atoms with Crippen molar-refractivity contribution >= 4 is 0 Å². The fraction of sp³-hybridized carbons (Fsp3) is 0.727. The van der Waals surface area contributed by atoms with Gasteiger partial charge in [-0.25, -0.2) is 9.13 Å². The molecular formula is C33H57N2+. The van der Waals surface area contributed by atoms with Crippen molar-refractivity contribution in [3.05, 3.63) is 42.7 Å². The van der Waals surface area contributed by atoms with Crippen molar-refractivity contribution in [2.24, 2.45) is 0 Å². The van der Waals surface area contributed by atoms with Gasteiger partial charge in [0.2, 0.25) is 0 Å². The summed E-state index contributed by atoms with van der Waals surface area (Å²) in [5.41, 5.74) is 1.35. The van der Waals surface area contributed by atoms with Crippen LogP contribution in [0.15, 0.2) is 42.7 Å². The van der Waals surface area contributed by atoms with Crippen LogP contribution in [0.5, 0.6) is 0 Å². The molecule has 0 unspecified atom stereocenters. The summed E-state index contributed by atoms with van der Waals surface area (Å²) >= 11 is 0. The van der Waals surface area contributed by atoms with Crippen LogP contribution in [0, 0.1) is 0 Å². The molecule has 0 spiro atoms. The lowest BCUT2D eigenvalue weighted by molar-refractivity contribution is -0.686. The van der Waals surface area contributed by atoms with Crippen LogP contribution in [0.4, 0.5) is 0 Å². The molecule has 35 heavy (non-hydrogen) atoms. The lowest BCUT2D eigenvalue weighted by Gasteiger charge is -2.06. The quantitative estimate of drug-likeness (QED) is 0.110. The molecule has 2 rings (SSSR count). The number of rotatable bonds is 23. The summed E-state index contributed by atoms with van der Waals surface area (Å²) in [5, 5.41) is 0. The highest BCUT2D eigenvalue weighted by atomic mass is 15.1. The highest BCUT2D eigenvalue weighted by Crippen LogP contribution is 2.18. The Hall–Kier alpha value is -1.57. The topological polar surface area (TPSA) is 8.81 Å². The molecule has 0 aliphatic rings. The molecule has 0 bridgehead atoms. The molecule has 1 heterocycles. The number of hydrogen-bond donors (Lipinski definition) is 0. The Balaban J connectivity index is 1.51. The predicted octanol–water partition coefficient (Wildman–Crippen LogP) is 10.3. The van der Waals surface area contributed by atoms with Crippen LogP contribution in [0.2, 0.25) is 0 Å². The molecule has 0 N–H and O–H groups in total. The van der Waals surface area contributed by atoms with Gasteiger partial charge < -0.3 is 0 Å². The summed E-state index contributed by atoms with van der Waals surface area (Å²) in [7, 11) is 0. The van der Waals surface area contributed by atoms with E-state index in [0.29, 0.717) is 0 Å². The Bertz CT molecular complexity index is 718. The van der Waals surface area contributed by atoms with E-state index in [0.717, 1.165) is 13.1 Å². The zero-order valence-electron chi connectivity index (χ0n) is 23.5. The maximum atomic E-state index is 2.49. The van der Waals surface area contributed by atoms with Gasteiger partial charge in [0.25, 0.3) is 5.82 Å². The molecule has 1 aromatic carbocycles. The van der Waals surface area contributed by atoms with E-state index in [2.05, 4.69) is 65.7 Å². The molecular weight excluding hydrogens is 424 g/mol. The van der Waals surface area contributed by atoms with E-state index in [-0.39, 0.29) is 0 Å². The maximum Gasteiger partial charge on any atom is 0.288 e. The summed E-state index contributed by atoms with van der Waals surface area (Å²) in [6.45, 7) is 6.86. The molecule has 0 fully saturated rings. The van der Waals surface area contributed by atoms with Crippen molar-refractivity contribution in [1.29, 1.82) is 0 Å². The zero-order chi connectivity index (χ0) is 24.8. The molecule has 0 saturated heterocycles. The fourth-order valence-corrected chi connectivity index (χ4v) is 5.29. The number of benzene rings is 1. The second-order valence-corrected chi connectivity index (χ2v) is 10.7. The third kappa shape index (κ3) is 13.3. The molecule has 2 aromatic rings. The summed E-state index contributed by atoms with van der Waals surface area (Å²) in [6, 6.07) is 11.0. The zero-order valence-corrected chi connectivity index (χ0v) is 23.5. The van der Waals surface area contributed by atoms with E-state index in [1.54, 1.807) is 0 Å². The number of unbranched alkanes of at least 4 members (excludes halogenated alkanes) is 18. The Morgan fingerprint density at radius 2 is 1.00 bits per heavy atom. The van der Waals surface area contributed by atoms with E-state index in [9.17, 15) is 0 Å². The van der Waals surface area contributed by atoms with Crippen molar-refractivity contribution in [2.75, 3.05) is 0 Å². The van der Waals surface area contributed by atoms with E-state index in [1.807, 2.05) is 0 Å². The Labute approximate surface area is 218 Å². The van der Waals surface area contributed by atoms with Gasteiger partial charge in [0, 0.05) is 0 Å². The SMILES string of the molecule is CCCCCCCCCCCCCCCCCCC[n+]1ccn(CCCCC)c1-c1ccccc1. The van der Waals surface area contributed by atoms with Gasteiger partial charge in [0.15, 0.2) is 0 Å². The maximum absolute atomic E-state index is 2.49. The molecule has 2 nitrogen and oxygen atoms in total. The molecule has 0 saturated carbocycles. The highest BCUT2D eigenvalue weighted by molar-refractivity contribution is 5.52. The van der Waals surface area contributed by atoms with Crippen LogP contribution in [0.3, 0.4) is 0 Å². The summed E-state index contributed by atoms with van der Waals surface area (Å²) in [6.07, 6.45) is 32.8. The van der Waals surface area contributed by atoms with E-state index in [4.69, 9.17) is 0 Å². The first kappa shape index (κ1) is 29.7. The van der Waals surface area contributed by atoms with Gasteiger partial charge in [0.1, 0.15) is 12.4 Å². The summed E-state index contributed by atoms with van der Waals surface area (Å²) < 4.78 is 4.96. The molecule has 198 valence electrons. The van der Waals surface area contributed by atoms with Crippen molar-refractivity contribution < 1.29 is 4.57 Å². The number of aryl methyl sites for hydroxylation is 2. The minimum absolute atomic E-state index is 1.13. The van der Waals surface area contributed by atoms with Crippen LogP contribution in [0.25, 0.3) is 11.4 Å². The van der Waals surface area contributed by atoms with Gasteiger partial charge in [-0.15, -0.1) is 0 Å². The van der Waals surface area contributed by atoms with Gasteiger partial charge in [-0.3, -0.25) is 0 Å². The second-order valence-electron chi connectivity index (χ2n) is 10.7. The molecule has 0 aliphatic carbocycles. The molecule has 1 aromatic heterocycles. The van der Waals surface area contributed by atoms with Gasteiger partial charge in [-0.05, 0) is 37.8 Å². The Morgan fingerprint density at radius 1 is 0.543 bits per heavy atom. The van der Waals surface area contributed by atoms with Crippen molar-refractivity contribution in [2.45, 2.75) is 155 Å². The Morgan fingerprint density at radius 3 is 1.51 bits per heavy atom. The minimum Gasteiger partial charge on any atom is -0.230 e. The fourth-order valence-electron chi connectivity index (χ4n) is 5.29. The summed E-state index contributed by atoms with van der Waals surface area (Å²) in [4.78, 5) is 0. The Kier molecular flexibility index (Phi) is 17.5. The van der Waals surface area contributed by atoms with Crippen molar-refractivity contribution in [3.8, 4) is 11.4 Å². The van der Waals surface area contributed by atoms with E-state index in [1.165, 1.54) is 140 Å². The second kappa shape index (κ2) is 20.6. The predicted molar refractivity (Wildman–Crippen MR) is 154 cm³/mol. The first-order valence-electron chi connectivity index (χ1n) is 15.5. The van der Waals surface area contributed by atoms with Crippen LogP contribution < -0.4 is 4.57 Å². The average Bonchev–Trinajstić information content (AvgIpc) is 3.29. The van der Waals surface area contributed by atoms with E-state index < -0.39 is 0 Å². The summed E-state index contributed by atoms with van der Waals surface area (Å²) in [5.74, 6) is 1.39. The standard InChI is InChI=1S/C33H57N2/c1-3-5-7-8-9-10-11-12-13-14-15-16-17-18-19-20-25-29-35-31-30-34(28-24-6-4-2)33(35)32-26-22-21-23-27-32/h21-23,26-27,30-31H,3-20,24-25,28-29H2,1-2H3/q+1. The van der Waals surface area contributed by atoms with Crippen molar-refractivity contribution in [1.82, 2.24) is 4.57 Å². The van der Waals surface area contributed by atoms with Crippen LogP contribution >= 0.6 is 0 Å². The van der Waals surface area contributed by atoms with Crippen LogP contribution in [-0.4, -0.2) is 4.57 Å².